The van der Waals surface area contributed by atoms with Gasteiger partial charge in [0, 0.05) is 23.5 Å². The largest absolute Gasteiger partial charge is 0.467 e. The lowest BCUT2D eigenvalue weighted by molar-refractivity contribution is -0.142. The Bertz CT molecular complexity index is 1200. The normalized spacial score (nSPS) is 11.9. The van der Waals surface area contributed by atoms with Gasteiger partial charge in [0.1, 0.15) is 6.04 Å². The minimum absolute atomic E-state index is 0.319. The molecule has 0 spiro atoms. The van der Waals surface area contributed by atoms with Gasteiger partial charge in [-0.1, -0.05) is 54.1 Å². The molecule has 0 fully saturated rings. The first kappa shape index (κ1) is 25.5. The second-order valence-corrected chi connectivity index (χ2v) is 9.07. The molecule has 0 aliphatic rings. The molecule has 176 valence electrons. The van der Waals surface area contributed by atoms with Gasteiger partial charge < -0.3 is 10.1 Å². The SMILES string of the molecule is COC(=O)[C@H](CCSC)NC(=O)c1ccc(C=Cc2cnccc2Cl)cc1-c1ccccc1C. The summed E-state index contributed by atoms with van der Waals surface area (Å²) >= 11 is 7.85. The number of hydrogen-bond donors (Lipinski definition) is 1. The van der Waals surface area contributed by atoms with Crippen molar-refractivity contribution in [3.8, 4) is 11.1 Å². The van der Waals surface area contributed by atoms with Crippen molar-refractivity contribution >= 4 is 47.4 Å². The predicted molar refractivity (Wildman–Crippen MR) is 141 cm³/mol. The molecule has 0 aliphatic heterocycles. The van der Waals surface area contributed by atoms with E-state index in [4.69, 9.17) is 16.3 Å². The van der Waals surface area contributed by atoms with Crippen molar-refractivity contribution in [1.29, 1.82) is 0 Å². The van der Waals surface area contributed by atoms with Crippen molar-refractivity contribution in [1.82, 2.24) is 10.3 Å². The Morgan fingerprint density at radius 3 is 2.65 bits per heavy atom. The van der Waals surface area contributed by atoms with Crippen molar-refractivity contribution < 1.29 is 14.3 Å². The number of carbonyl (C=O) groups is 2. The lowest BCUT2D eigenvalue weighted by Gasteiger charge is -2.18. The monoisotopic (exact) mass is 494 g/mol. The van der Waals surface area contributed by atoms with Crippen LogP contribution in [0.4, 0.5) is 0 Å². The van der Waals surface area contributed by atoms with E-state index in [-0.39, 0.29) is 5.91 Å². The summed E-state index contributed by atoms with van der Waals surface area (Å²) in [4.78, 5) is 29.6. The first-order chi connectivity index (χ1) is 16.4. The highest BCUT2D eigenvalue weighted by atomic mass is 35.5. The summed E-state index contributed by atoms with van der Waals surface area (Å²) in [5.41, 5.74) is 4.97. The molecule has 0 saturated heterocycles. The summed E-state index contributed by atoms with van der Waals surface area (Å²) in [5, 5.41) is 3.47. The third kappa shape index (κ3) is 6.49. The standard InChI is InChI=1S/C27H27ClN2O3S/c1-18-6-4-5-7-21(18)23-16-19(8-10-20-17-29-14-12-24(20)28)9-11-22(23)26(31)30-25(13-15-34-3)27(32)33-2/h4-12,14,16-17,25H,13,15H2,1-3H3,(H,30,31)/t25-/m0/s1. The number of halogens is 1. The summed E-state index contributed by atoms with van der Waals surface area (Å²) in [5.74, 6) is -0.0425. The van der Waals surface area contributed by atoms with Crippen LogP contribution < -0.4 is 5.32 Å². The third-order valence-electron chi connectivity index (χ3n) is 5.38. The van der Waals surface area contributed by atoms with E-state index in [1.54, 1.807) is 36.3 Å². The van der Waals surface area contributed by atoms with E-state index in [0.29, 0.717) is 17.0 Å². The van der Waals surface area contributed by atoms with Crippen LogP contribution in [0.25, 0.3) is 23.3 Å². The van der Waals surface area contributed by atoms with E-state index in [0.717, 1.165) is 33.6 Å². The highest BCUT2D eigenvalue weighted by molar-refractivity contribution is 7.98. The smallest absolute Gasteiger partial charge is 0.328 e. The van der Waals surface area contributed by atoms with Gasteiger partial charge in [-0.05, 0) is 65.8 Å². The zero-order chi connectivity index (χ0) is 24.5. The number of benzene rings is 2. The summed E-state index contributed by atoms with van der Waals surface area (Å²) in [6.07, 6.45) is 9.61. The maximum Gasteiger partial charge on any atom is 0.328 e. The Labute approximate surface area is 209 Å². The van der Waals surface area contributed by atoms with E-state index < -0.39 is 12.0 Å². The van der Waals surface area contributed by atoms with Crippen molar-refractivity contribution in [2.45, 2.75) is 19.4 Å². The fourth-order valence-corrected chi connectivity index (χ4v) is 4.16. The molecule has 3 aromatic rings. The van der Waals surface area contributed by atoms with Gasteiger partial charge in [-0.3, -0.25) is 9.78 Å². The lowest BCUT2D eigenvalue weighted by atomic mass is 9.93. The third-order valence-corrected chi connectivity index (χ3v) is 6.36. The molecular formula is C27H27ClN2O3S. The maximum absolute atomic E-state index is 13.3. The molecule has 1 heterocycles. The molecule has 1 amide bonds. The molecule has 0 unspecified atom stereocenters. The summed E-state index contributed by atoms with van der Waals surface area (Å²) in [7, 11) is 1.33. The number of methoxy groups -OCH3 is 1. The molecular weight excluding hydrogens is 468 g/mol. The first-order valence-electron chi connectivity index (χ1n) is 10.8. The molecule has 0 radical (unpaired) electrons. The van der Waals surface area contributed by atoms with Crippen LogP contribution >= 0.6 is 23.4 Å². The molecule has 1 N–H and O–H groups in total. The average molecular weight is 495 g/mol. The summed E-state index contributed by atoms with van der Waals surface area (Å²) in [6.45, 7) is 2.00. The average Bonchev–Trinajstić information content (AvgIpc) is 2.85. The Kier molecular flexibility index (Phi) is 9.31. The zero-order valence-electron chi connectivity index (χ0n) is 19.4. The molecule has 34 heavy (non-hydrogen) atoms. The van der Waals surface area contributed by atoms with Crippen LogP contribution in [0.1, 0.15) is 33.5 Å². The van der Waals surface area contributed by atoms with Crippen LogP contribution in [0, 0.1) is 6.92 Å². The topological polar surface area (TPSA) is 68.3 Å². The minimum atomic E-state index is -0.707. The van der Waals surface area contributed by atoms with Gasteiger partial charge >= 0.3 is 5.97 Å². The van der Waals surface area contributed by atoms with Gasteiger partial charge in [0.2, 0.25) is 0 Å². The molecule has 3 rings (SSSR count). The number of rotatable bonds is 9. The zero-order valence-corrected chi connectivity index (χ0v) is 21.0. The Balaban J connectivity index is 1.99. The van der Waals surface area contributed by atoms with Crippen LogP contribution in [-0.4, -0.2) is 42.0 Å². The van der Waals surface area contributed by atoms with Crippen LogP contribution in [0.3, 0.4) is 0 Å². The van der Waals surface area contributed by atoms with Crippen molar-refractivity contribution in [3.63, 3.8) is 0 Å². The van der Waals surface area contributed by atoms with Gasteiger partial charge in [0.15, 0.2) is 0 Å². The Hall–Kier alpha value is -3.09. The second kappa shape index (κ2) is 12.4. The van der Waals surface area contributed by atoms with Crippen LogP contribution in [0.5, 0.6) is 0 Å². The van der Waals surface area contributed by atoms with Gasteiger partial charge in [-0.2, -0.15) is 11.8 Å². The van der Waals surface area contributed by atoms with Crippen LogP contribution in [-0.2, 0) is 9.53 Å². The number of ether oxygens (including phenoxy) is 1. The molecule has 1 atom stereocenters. The molecule has 1 aromatic heterocycles. The van der Waals surface area contributed by atoms with Gasteiger partial charge in [0.25, 0.3) is 5.91 Å². The van der Waals surface area contributed by atoms with Crippen molar-refractivity contribution in [2.75, 3.05) is 19.1 Å². The van der Waals surface area contributed by atoms with E-state index in [2.05, 4.69) is 10.3 Å². The maximum atomic E-state index is 13.3. The summed E-state index contributed by atoms with van der Waals surface area (Å²) < 4.78 is 4.89. The van der Waals surface area contributed by atoms with E-state index in [1.807, 2.05) is 61.7 Å². The number of pyridine rings is 1. The Morgan fingerprint density at radius 1 is 1.15 bits per heavy atom. The molecule has 7 heteroatoms. The van der Waals surface area contributed by atoms with Gasteiger partial charge in [0.05, 0.1) is 12.1 Å². The minimum Gasteiger partial charge on any atom is -0.467 e. The number of aromatic nitrogens is 1. The number of hydrogen-bond acceptors (Lipinski definition) is 5. The van der Waals surface area contributed by atoms with Crippen molar-refractivity contribution in [3.05, 3.63) is 88.2 Å². The molecule has 0 saturated carbocycles. The number of nitrogens with one attached hydrogen (secondary N) is 1. The number of aryl methyl sites for hydroxylation is 1. The lowest BCUT2D eigenvalue weighted by Crippen LogP contribution is -2.42. The number of esters is 1. The molecule has 0 bridgehead atoms. The highest BCUT2D eigenvalue weighted by Gasteiger charge is 2.23. The van der Waals surface area contributed by atoms with Gasteiger partial charge in [-0.15, -0.1) is 0 Å². The van der Waals surface area contributed by atoms with Crippen LogP contribution in [0.15, 0.2) is 60.9 Å². The first-order valence-corrected chi connectivity index (χ1v) is 12.6. The molecule has 2 aromatic carbocycles. The fraction of sp³-hybridized carbons (Fsp3) is 0.222. The fourth-order valence-electron chi connectivity index (χ4n) is 3.52. The van der Waals surface area contributed by atoms with Gasteiger partial charge in [-0.25, -0.2) is 4.79 Å². The Morgan fingerprint density at radius 2 is 1.94 bits per heavy atom. The van der Waals surface area contributed by atoms with E-state index in [9.17, 15) is 9.59 Å². The quantitative estimate of drug-likeness (QED) is 0.375. The number of carbonyl (C=O) groups excluding carboxylic acids is 2. The second-order valence-electron chi connectivity index (χ2n) is 7.68. The molecule has 5 nitrogen and oxygen atoms in total. The van der Waals surface area contributed by atoms with Crippen LogP contribution in [0.2, 0.25) is 5.02 Å². The number of nitrogens with zero attached hydrogens (tertiary/aromatic N) is 1. The predicted octanol–water partition coefficient (Wildman–Crippen LogP) is 5.91. The number of amides is 1. The highest BCUT2D eigenvalue weighted by Crippen LogP contribution is 2.29. The van der Waals surface area contributed by atoms with Crippen molar-refractivity contribution in [2.24, 2.45) is 0 Å². The summed E-state index contributed by atoms with van der Waals surface area (Å²) in [6, 6.07) is 14.5. The number of thioether (sulfide) groups is 1. The molecule has 0 aliphatic carbocycles. The van der Waals surface area contributed by atoms with E-state index >= 15 is 0 Å². The van der Waals surface area contributed by atoms with E-state index in [1.165, 1.54) is 7.11 Å².